The van der Waals surface area contributed by atoms with Gasteiger partial charge in [-0.2, -0.15) is 0 Å². The first-order valence-corrected chi connectivity index (χ1v) is 7.71. The second kappa shape index (κ2) is 5.02. The van der Waals surface area contributed by atoms with Crippen molar-refractivity contribution in [1.29, 1.82) is 0 Å². The molecule has 3 aliphatic heterocycles. The van der Waals surface area contributed by atoms with Crippen LogP contribution in [0.5, 0.6) is 0 Å². The highest BCUT2D eigenvalue weighted by atomic mass is 16.5. The van der Waals surface area contributed by atoms with Gasteiger partial charge >= 0.3 is 5.97 Å². The molecule has 3 saturated heterocycles. The number of carboxylic acids is 1. The molecule has 0 aromatic carbocycles. The van der Waals surface area contributed by atoms with Crippen LogP contribution in [-0.4, -0.2) is 46.2 Å². The molecule has 0 aromatic rings. The van der Waals surface area contributed by atoms with Gasteiger partial charge in [0.1, 0.15) is 0 Å². The lowest BCUT2D eigenvalue weighted by Crippen LogP contribution is -2.53. The molecule has 112 valence electrons. The smallest absolute Gasteiger partial charge is 0.310 e. The number of amides is 1. The van der Waals surface area contributed by atoms with Crippen molar-refractivity contribution in [1.82, 2.24) is 4.90 Å². The lowest BCUT2D eigenvalue weighted by Gasteiger charge is -2.42. The number of nitrogens with zero attached hydrogens (tertiary/aromatic N) is 1. The number of likely N-dealkylation sites (tertiary alicyclic amines) is 1. The number of aliphatic carboxylic acids is 1. The molecule has 3 rings (SSSR count). The van der Waals surface area contributed by atoms with Gasteiger partial charge in [0.15, 0.2) is 0 Å². The Labute approximate surface area is 119 Å². The highest BCUT2D eigenvalue weighted by Gasteiger charge is 2.57. The van der Waals surface area contributed by atoms with E-state index in [4.69, 9.17) is 4.74 Å². The van der Waals surface area contributed by atoms with Gasteiger partial charge in [0.05, 0.1) is 24.0 Å². The molecule has 6 atom stereocenters. The molecular weight excluding hydrogens is 258 g/mol. The number of hydrogen-bond donors (Lipinski definition) is 1. The second-order valence-electron chi connectivity index (χ2n) is 6.55. The number of rotatable bonds is 2. The third kappa shape index (κ3) is 2.03. The van der Waals surface area contributed by atoms with Crippen molar-refractivity contribution in [3.8, 4) is 0 Å². The molecule has 20 heavy (non-hydrogen) atoms. The van der Waals surface area contributed by atoms with Crippen LogP contribution in [0.4, 0.5) is 0 Å². The van der Waals surface area contributed by atoms with Gasteiger partial charge in [-0.25, -0.2) is 0 Å². The third-order valence-corrected chi connectivity index (χ3v) is 5.29. The van der Waals surface area contributed by atoms with Gasteiger partial charge in [-0.1, -0.05) is 0 Å². The zero-order chi connectivity index (χ0) is 14.4. The Kier molecular flexibility index (Phi) is 3.48. The molecule has 0 aliphatic carbocycles. The van der Waals surface area contributed by atoms with Crippen molar-refractivity contribution in [2.75, 3.05) is 0 Å². The molecule has 0 radical (unpaired) electrons. The Hall–Kier alpha value is -1.10. The predicted octanol–water partition coefficient (Wildman–Crippen LogP) is 1.65. The number of carbonyl (C=O) groups excluding carboxylic acids is 1. The van der Waals surface area contributed by atoms with E-state index in [0.29, 0.717) is 0 Å². The van der Waals surface area contributed by atoms with Crippen LogP contribution in [-0.2, 0) is 14.3 Å². The summed E-state index contributed by atoms with van der Waals surface area (Å²) in [5.74, 6) is -2.01. The predicted molar refractivity (Wildman–Crippen MR) is 72.1 cm³/mol. The zero-order valence-corrected chi connectivity index (χ0v) is 12.1. The van der Waals surface area contributed by atoms with Crippen LogP contribution >= 0.6 is 0 Å². The van der Waals surface area contributed by atoms with Crippen LogP contribution in [0.15, 0.2) is 0 Å². The largest absolute Gasteiger partial charge is 0.481 e. The fourth-order valence-electron chi connectivity index (χ4n) is 4.33. The van der Waals surface area contributed by atoms with Crippen LogP contribution in [0.2, 0.25) is 0 Å². The van der Waals surface area contributed by atoms with Gasteiger partial charge < -0.3 is 14.7 Å². The number of hydrogen-bond acceptors (Lipinski definition) is 3. The summed E-state index contributed by atoms with van der Waals surface area (Å²) in [7, 11) is 0. The summed E-state index contributed by atoms with van der Waals surface area (Å²) in [4.78, 5) is 26.3. The molecular formula is C15H23NO4. The van der Waals surface area contributed by atoms with E-state index in [1.165, 1.54) is 0 Å². The maximum atomic E-state index is 12.9. The third-order valence-electron chi connectivity index (χ3n) is 5.29. The lowest BCUT2D eigenvalue weighted by atomic mass is 9.77. The van der Waals surface area contributed by atoms with Crippen LogP contribution in [0.1, 0.15) is 46.0 Å². The van der Waals surface area contributed by atoms with Crippen molar-refractivity contribution in [3.63, 3.8) is 0 Å². The highest BCUT2D eigenvalue weighted by Crippen LogP contribution is 2.45. The van der Waals surface area contributed by atoms with Gasteiger partial charge in [-0.15, -0.1) is 0 Å². The Morgan fingerprint density at radius 2 is 1.55 bits per heavy atom. The number of carboxylic acid groups (broad SMARTS) is 1. The highest BCUT2D eigenvalue weighted by molar-refractivity contribution is 5.87. The average molecular weight is 281 g/mol. The molecule has 0 spiro atoms. The fraction of sp³-hybridized carbons (Fsp3) is 0.867. The van der Waals surface area contributed by atoms with Crippen molar-refractivity contribution in [2.24, 2.45) is 11.8 Å². The number of ether oxygens (including phenoxy) is 1. The monoisotopic (exact) mass is 281 g/mol. The fourth-order valence-corrected chi connectivity index (χ4v) is 4.33. The standard InChI is InChI=1S/C15H23NO4/c1-8-4-3-5-9(2)16(8)14(17)12-10-6-7-11(20-10)13(12)15(18)19/h8-13H,3-7H2,1-2H3,(H,18,19)/t8-,9+,10-,11-,12-,13+/m1/s1. The number of fused-ring (bicyclic) bond motifs is 2. The van der Waals surface area contributed by atoms with Crippen LogP contribution < -0.4 is 0 Å². The lowest BCUT2D eigenvalue weighted by molar-refractivity contribution is -0.153. The Bertz CT molecular complexity index is 414. The van der Waals surface area contributed by atoms with E-state index in [1.54, 1.807) is 0 Å². The molecule has 1 N–H and O–H groups in total. The molecule has 5 heteroatoms. The number of piperidine rings is 1. The van der Waals surface area contributed by atoms with E-state index >= 15 is 0 Å². The van der Waals surface area contributed by atoms with Gasteiger partial charge in [-0.3, -0.25) is 9.59 Å². The Balaban J connectivity index is 1.83. The second-order valence-corrected chi connectivity index (χ2v) is 6.55. The van der Waals surface area contributed by atoms with Gasteiger partial charge in [0, 0.05) is 12.1 Å². The first kappa shape index (κ1) is 13.9. The summed E-state index contributed by atoms with van der Waals surface area (Å²) in [5, 5.41) is 9.43. The first-order chi connectivity index (χ1) is 9.50. The summed E-state index contributed by atoms with van der Waals surface area (Å²) in [6.07, 6.45) is 4.31. The Morgan fingerprint density at radius 1 is 1.00 bits per heavy atom. The molecule has 5 nitrogen and oxygen atoms in total. The average Bonchev–Trinajstić information content (AvgIpc) is 2.98. The van der Waals surface area contributed by atoms with Gasteiger partial charge in [0.25, 0.3) is 0 Å². The van der Waals surface area contributed by atoms with Crippen LogP contribution in [0.25, 0.3) is 0 Å². The van der Waals surface area contributed by atoms with E-state index in [-0.39, 0.29) is 30.2 Å². The molecule has 3 fully saturated rings. The molecule has 3 heterocycles. The summed E-state index contributed by atoms with van der Waals surface area (Å²) >= 11 is 0. The minimum Gasteiger partial charge on any atom is -0.481 e. The molecule has 3 aliphatic rings. The van der Waals surface area contributed by atoms with Crippen molar-refractivity contribution >= 4 is 11.9 Å². The minimum atomic E-state index is -0.882. The van der Waals surface area contributed by atoms with Crippen LogP contribution in [0.3, 0.4) is 0 Å². The van der Waals surface area contributed by atoms with E-state index in [0.717, 1.165) is 32.1 Å². The topological polar surface area (TPSA) is 66.8 Å². The van der Waals surface area contributed by atoms with Crippen molar-refractivity contribution in [2.45, 2.75) is 70.2 Å². The Morgan fingerprint density at radius 3 is 2.10 bits per heavy atom. The van der Waals surface area contributed by atoms with Crippen LogP contribution in [0, 0.1) is 11.8 Å². The van der Waals surface area contributed by atoms with Gasteiger partial charge in [0.2, 0.25) is 5.91 Å². The van der Waals surface area contributed by atoms with Crippen molar-refractivity contribution in [3.05, 3.63) is 0 Å². The van der Waals surface area contributed by atoms with Gasteiger partial charge in [-0.05, 0) is 46.0 Å². The normalized spacial score (nSPS) is 43.8. The maximum absolute atomic E-state index is 12.9. The molecule has 2 bridgehead atoms. The summed E-state index contributed by atoms with van der Waals surface area (Å²) in [6.45, 7) is 4.13. The van der Waals surface area contributed by atoms with E-state index < -0.39 is 17.8 Å². The summed E-state index contributed by atoms with van der Waals surface area (Å²) in [5.41, 5.74) is 0. The minimum absolute atomic E-state index is 0.00398. The summed E-state index contributed by atoms with van der Waals surface area (Å²) in [6, 6.07) is 0.416. The first-order valence-electron chi connectivity index (χ1n) is 7.71. The maximum Gasteiger partial charge on any atom is 0.310 e. The van der Waals surface area contributed by atoms with E-state index in [1.807, 2.05) is 4.90 Å². The van der Waals surface area contributed by atoms with Crippen molar-refractivity contribution < 1.29 is 19.4 Å². The summed E-state index contributed by atoms with van der Waals surface area (Å²) < 4.78 is 5.71. The quantitative estimate of drug-likeness (QED) is 0.836. The zero-order valence-electron chi connectivity index (χ0n) is 12.1. The molecule has 0 saturated carbocycles. The SMILES string of the molecule is C[C@@H]1CCC[C@H](C)N1C(=O)[C@H]1[C@@H](C(=O)O)[C@H]2CC[C@H]1O2. The molecule has 1 amide bonds. The molecule has 0 unspecified atom stereocenters. The number of carbonyl (C=O) groups is 2. The molecule has 0 aromatic heterocycles. The van der Waals surface area contributed by atoms with E-state index in [2.05, 4.69) is 13.8 Å². The van der Waals surface area contributed by atoms with E-state index in [9.17, 15) is 14.7 Å².